The Morgan fingerprint density at radius 3 is 2.63 bits per heavy atom. The smallest absolute Gasteiger partial charge is 0.221 e. The van der Waals surface area contributed by atoms with E-state index in [4.69, 9.17) is 0 Å². The normalized spacial score (nSPS) is 10.6. The predicted octanol–water partition coefficient (Wildman–Crippen LogP) is 3.10. The molecule has 2 aromatic rings. The van der Waals surface area contributed by atoms with Crippen molar-refractivity contribution in [3.8, 4) is 5.75 Å². The summed E-state index contributed by atoms with van der Waals surface area (Å²) in [5.41, 5.74) is 1.97. The number of aliphatic imine (C=N–C) groups is 1. The molecule has 0 unspecified atom stereocenters. The van der Waals surface area contributed by atoms with Gasteiger partial charge in [0.1, 0.15) is 5.75 Å². The molecule has 96 valence electrons. The maximum atomic E-state index is 11.0. The topological polar surface area (TPSA) is 61.7 Å². The Kier molecular flexibility index (Phi) is 3.93. The van der Waals surface area contributed by atoms with Gasteiger partial charge in [0, 0.05) is 24.4 Å². The van der Waals surface area contributed by atoms with Crippen LogP contribution in [0.2, 0.25) is 0 Å². The average Bonchev–Trinajstić information content (AvgIpc) is 2.40. The molecule has 0 radical (unpaired) electrons. The number of hydrogen-bond donors (Lipinski definition) is 2. The molecular formula is C15H14N2O2. The Morgan fingerprint density at radius 1 is 1.21 bits per heavy atom. The highest BCUT2D eigenvalue weighted by Gasteiger charge is 2.01. The summed E-state index contributed by atoms with van der Waals surface area (Å²) in [6, 6.07) is 14.3. The Balaban J connectivity index is 2.24. The van der Waals surface area contributed by atoms with Crippen LogP contribution >= 0.6 is 0 Å². The molecule has 0 bridgehead atoms. The fourth-order valence-electron chi connectivity index (χ4n) is 1.60. The Hall–Kier alpha value is -2.62. The molecule has 2 rings (SSSR count). The second-order valence-electron chi connectivity index (χ2n) is 4.05. The van der Waals surface area contributed by atoms with Gasteiger partial charge in [-0.25, -0.2) is 0 Å². The van der Waals surface area contributed by atoms with E-state index in [0.29, 0.717) is 11.3 Å². The summed E-state index contributed by atoms with van der Waals surface area (Å²) in [4.78, 5) is 15.2. The van der Waals surface area contributed by atoms with E-state index in [1.807, 2.05) is 30.3 Å². The molecule has 0 aliphatic rings. The molecular weight excluding hydrogens is 240 g/mol. The van der Waals surface area contributed by atoms with Gasteiger partial charge in [0.25, 0.3) is 0 Å². The molecule has 0 aliphatic carbocycles. The summed E-state index contributed by atoms with van der Waals surface area (Å²) in [5, 5.41) is 12.4. The summed E-state index contributed by atoms with van der Waals surface area (Å²) in [5.74, 6) is -0.0366. The highest BCUT2D eigenvalue weighted by Crippen LogP contribution is 2.21. The van der Waals surface area contributed by atoms with Gasteiger partial charge < -0.3 is 10.4 Å². The average molecular weight is 254 g/mol. The third kappa shape index (κ3) is 3.67. The minimum absolute atomic E-state index is 0.119. The molecule has 4 heteroatoms. The lowest BCUT2D eigenvalue weighted by molar-refractivity contribution is -0.114. The number of aromatic hydroxyl groups is 1. The molecule has 0 fully saturated rings. The van der Waals surface area contributed by atoms with Crippen LogP contribution in [-0.2, 0) is 4.79 Å². The largest absolute Gasteiger partial charge is 0.507 e. The minimum Gasteiger partial charge on any atom is -0.507 e. The van der Waals surface area contributed by atoms with Crippen molar-refractivity contribution in [1.82, 2.24) is 0 Å². The lowest BCUT2D eigenvalue weighted by Gasteiger charge is -2.04. The fraction of sp³-hybridized carbons (Fsp3) is 0.0667. The van der Waals surface area contributed by atoms with Gasteiger partial charge in [0.15, 0.2) is 0 Å². The highest BCUT2D eigenvalue weighted by atomic mass is 16.3. The Morgan fingerprint density at radius 2 is 1.95 bits per heavy atom. The third-order valence-corrected chi connectivity index (χ3v) is 2.46. The molecule has 0 heterocycles. The molecule has 0 saturated heterocycles. The van der Waals surface area contributed by atoms with Gasteiger partial charge in [-0.15, -0.1) is 0 Å². The van der Waals surface area contributed by atoms with Crippen molar-refractivity contribution in [2.75, 3.05) is 5.32 Å². The number of phenolic OH excluding ortho intramolecular Hbond substituents is 1. The van der Waals surface area contributed by atoms with Crippen LogP contribution in [0, 0.1) is 0 Å². The number of anilines is 1. The lowest BCUT2D eigenvalue weighted by atomic mass is 10.2. The number of phenols is 1. The first-order chi connectivity index (χ1) is 9.15. The van der Waals surface area contributed by atoms with Crippen LogP contribution in [0.1, 0.15) is 12.5 Å². The standard InChI is InChI=1S/C15H14N2O2/c1-11(18)17-14-7-8-15(19)12(9-14)10-16-13-5-3-2-4-6-13/h2-10,19H,1H3,(H,17,18)/b16-10+. The van der Waals surface area contributed by atoms with Crippen molar-refractivity contribution in [2.24, 2.45) is 4.99 Å². The van der Waals surface area contributed by atoms with Crippen LogP contribution in [-0.4, -0.2) is 17.2 Å². The molecule has 0 aliphatic heterocycles. The maximum Gasteiger partial charge on any atom is 0.221 e. The minimum atomic E-state index is -0.156. The molecule has 0 atom stereocenters. The van der Waals surface area contributed by atoms with Crippen LogP contribution in [0.25, 0.3) is 0 Å². The van der Waals surface area contributed by atoms with Gasteiger partial charge >= 0.3 is 0 Å². The van der Waals surface area contributed by atoms with E-state index in [2.05, 4.69) is 10.3 Å². The van der Waals surface area contributed by atoms with E-state index in [-0.39, 0.29) is 11.7 Å². The zero-order valence-electron chi connectivity index (χ0n) is 10.5. The molecule has 0 aromatic heterocycles. The second-order valence-corrected chi connectivity index (χ2v) is 4.05. The van der Waals surface area contributed by atoms with E-state index in [0.717, 1.165) is 5.69 Å². The fourth-order valence-corrected chi connectivity index (χ4v) is 1.60. The quantitative estimate of drug-likeness (QED) is 0.653. The summed E-state index contributed by atoms with van der Waals surface area (Å²) in [7, 11) is 0. The van der Waals surface area contributed by atoms with Crippen molar-refractivity contribution in [1.29, 1.82) is 0 Å². The number of nitrogens with one attached hydrogen (secondary N) is 1. The highest BCUT2D eigenvalue weighted by molar-refractivity contribution is 5.92. The number of hydrogen-bond acceptors (Lipinski definition) is 3. The van der Waals surface area contributed by atoms with Crippen molar-refractivity contribution < 1.29 is 9.90 Å². The van der Waals surface area contributed by atoms with E-state index in [1.165, 1.54) is 13.0 Å². The molecule has 19 heavy (non-hydrogen) atoms. The van der Waals surface area contributed by atoms with Crippen molar-refractivity contribution in [3.63, 3.8) is 0 Å². The second kappa shape index (κ2) is 5.82. The zero-order chi connectivity index (χ0) is 13.7. The predicted molar refractivity (Wildman–Crippen MR) is 76.1 cm³/mol. The van der Waals surface area contributed by atoms with Gasteiger partial charge in [-0.05, 0) is 30.3 Å². The zero-order valence-corrected chi connectivity index (χ0v) is 10.5. The van der Waals surface area contributed by atoms with Gasteiger partial charge in [0.05, 0.1) is 5.69 Å². The number of benzene rings is 2. The maximum absolute atomic E-state index is 11.0. The van der Waals surface area contributed by atoms with E-state index >= 15 is 0 Å². The molecule has 1 amide bonds. The summed E-state index contributed by atoms with van der Waals surface area (Å²) in [6.07, 6.45) is 1.57. The first-order valence-corrected chi connectivity index (χ1v) is 5.85. The van der Waals surface area contributed by atoms with Gasteiger partial charge in [-0.3, -0.25) is 9.79 Å². The monoisotopic (exact) mass is 254 g/mol. The first-order valence-electron chi connectivity index (χ1n) is 5.85. The molecule has 4 nitrogen and oxygen atoms in total. The number of carbonyl (C=O) groups excluding carboxylic acids is 1. The van der Waals surface area contributed by atoms with Crippen molar-refractivity contribution >= 4 is 23.5 Å². The SMILES string of the molecule is CC(=O)Nc1ccc(O)c(/C=N/c2ccccc2)c1. The van der Waals surface area contributed by atoms with Gasteiger partial charge in [-0.2, -0.15) is 0 Å². The molecule has 2 N–H and O–H groups in total. The van der Waals surface area contributed by atoms with E-state index in [9.17, 15) is 9.90 Å². The summed E-state index contributed by atoms with van der Waals surface area (Å²) in [6.45, 7) is 1.44. The number of para-hydroxylation sites is 1. The van der Waals surface area contributed by atoms with E-state index in [1.54, 1.807) is 18.3 Å². The van der Waals surface area contributed by atoms with Crippen LogP contribution in [0.3, 0.4) is 0 Å². The third-order valence-electron chi connectivity index (χ3n) is 2.46. The Bertz CT molecular complexity index is 607. The van der Waals surface area contributed by atoms with Gasteiger partial charge in [-0.1, -0.05) is 18.2 Å². The molecule has 0 saturated carbocycles. The number of rotatable bonds is 3. The summed E-state index contributed by atoms with van der Waals surface area (Å²) >= 11 is 0. The Labute approximate surface area is 111 Å². The lowest BCUT2D eigenvalue weighted by Crippen LogP contribution is -2.05. The molecule has 2 aromatic carbocycles. The first kappa shape index (κ1) is 12.8. The van der Waals surface area contributed by atoms with Crippen LogP contribution < -0.4 is 5.32 Å². The summed E-state index contributed by atoms with van der Waals surface area (Å²) < 4.78 is 0. The van der Waals surface area contributed by atoms with E-state index < -0.39 is 0 Å². The number of carbonyl (C=O) groups is 1. The van der Waals surface area contributed by atoms with Crippen LogP contribution in [0.15, 0.2) is 53.5 Å². The van der Waals surface area contributed by atoms with Crippen molar-refractivity contribution in [3.05, 3.63) is 54.1 Å². The van der Waals surface area contributed by atoms with Crippen LogP contribution in [0.5, 0.6) is 5.75 Å². The number of nitrogens with zero attached hydrogens (tertiary/aromatic N) is 1. The molecule has 0 spiro atoms. The van der Waals surface area contributed by atoms with Gasteiger partial charge in [0.2, 0.25) is 5.91 Å². The van der Waals surface area contributed by atoms with Crippen molar-refractivity contribution in [2.45, 2.75) is 6.92 Å². The number of amides is 1. The van der Waals surface area contributed by atoms with Crippen LogP contribution in [0.4, 0.5) is 11.4 Å².